The van der Waals surface area contributed by atoms with E-state index in [2.05, 4.69) is 10.6 Å². The number of rotatable bonds is 6. The molecule has 0 bridgehead atoms. The van der Waals surface area contributed by atoms with E-state index in [1.54, 1.807) is 0 Å². The predicted molar refractivity (Wildman–Crippen MR) is 78.1 cm³/mol. The van der Waals surface area contributed by atoms with Crippen LogP contribution in [0.5, 0.6) is 0 Å². The number of ether oxygens (including phenoxy) is 1. The number of aliphatic carboxylic acids is 1. The first-order valence-electron chi connectivity index (χ1n) is 7.99. The molecule has 0 spiro atoms. The third-order valence-electron chi connectivity index (χ3n) is 4.46. The Hall–Kier alpha value is -1.14. The largest absolute Gasteiger partial charge is 0.480 e. The Bertz CT molecular complexity index is 361. The average molecular weight is 298 g/mol. The minimum Gasteiger partial charge on any atom is -0.480 e. The minimum atomic E-state index is -1.05. The van der Waals surface area contributed by atoms with Crippen LogP contribution in [0.2, 0.25) is 0 Å². The predicted octanol–water partition coefficient (Wildman–Crippen LogP) is 1.05. The summed E-state index contributed by atoms with van der Waals surface area (Å²) in [5.41, 5.74) is -1.05. The van der Waals surface area contributed by atoms with Gasteiger partial charge in [-0.2, -0.15) is 0 Å². The van der Waals surface area contributed by atoms with Gasteiger partial charge >= 0.3 is 5.97 Å². The monoisotopic (exact) mass is 298 g/mol. The van der Waals surface area contributed by atoms with Gasteiger partial charge in [-0.3, -0.25) is 4.79 Å². The van der Waals surface area contributed by atoms with Gasteiger partial charge in [-0.05, 0) is 38.8 Å². The van der Waals surface area contributed by atoms with E-state index in [1.807, 2.05) is 0 Å². The van der Waals surface area contributed by atoms with Gasteiger partial charge in [-0.25, -0.2) is 4.79 Å². The molecule has 0 aromatic heterocycles. The second kappa shape index (κ2) is 7.75. The van der Waals surface area contributed by atoms with Crippen LogP contribution in [0.3, 0.4) is 0 Å². The fourth-order valence-corrected chi connectivity index (χ4v) is 3.16. The molecule has 0 aromatic carbocycles. The van der Waals surface area contributed by atoms with Crippen LogP contribution in [0.15, 0.2) is 0 Å². The summed E-state index contributed by atoms with van der Waals surface area (Å²) in [6, 6.07) is 0. The van der Waals surface area contributed by atoms with Crippen molar-refractivity contribution < 1.29 is 19.4 Å². The van der Waals surface area contributed by atoms with Gasteiger partial charge in [0, 0.05) is 6.42 Å². The first kappa shape index (κ1) is 16.2. The zero-order valence-electron chi connectivity index (χ0n) is 12.5. The zero-order valence-corrected chi connectivity index (χ0v) is 12.5. The summed E-state index contributed by atoms with van der Waals surface area (Å²) in [6.07, 6.45) is 6.23. The highest BCUT2D eigenvalue weighted by Gasteiger charge is 2.40. The van der Waals surface area contributed by atoms with Crippen LogP contribution in [-0.4, -0.2) is 48.3 Å². The number of carbonyl (C=O) groups is 2. The third kappa shape index (κ3) is 4.68. The molecular formula is C15H26N2O4. The van der Waals surface area contributed by atoms with Crippen molar-refractivity contribution in [3.05, 3.63) is 0 Å². The lowest BCUT2D eigenvalue weighted by Gasteiger charge is -2.34. The molecule has 21 heavy (non-hydrogen) atoms. The number of carbonyl (C=O) groups excluding carboxylic acids is 1. The maximum atomic E-state index is 12.0. The van der Waals surface area contributed by atoms with Crippen molar-refractivity contribution in [1.29, 1.82) is 0 Å². The van der Waals surface area contributed by atoms with Crippen molar-refractivity contribution in [3.8, 4) is 0 Å². The van der Waals surface area contributed by atoms with Crippen molar-refractivity contribution in [2.45, 2.75) is 63.0 Å². The van der Waals surface area contributed by atoms with E-state index in [4.69, 9.17) is 4.74 Å². The summed E-state index contributed by atoms with van der Waals surface area (Å²) in [7, 11) is 0. The van der Waals surface area contributed by atoms with Crippen LogP contribution in [0.1, 0.15) is 51.4 Å². The summed E-state index contributed by atoms with van der Waals surface area (Å²) >= 11 is 0. The zero-order chi connectivity index (χ0) is 15.1. The van der Waals surface area contributed by atoms with E-state index in [9.17, 15) is 14.7 Å². The topological polar surface area (TPSA) is 87.7 Å². The Morgan fingerprint density at radius 2 is 1.86 bits per heavy atom. The quantitative estimate of drug-likeness (QED) is 0.682. The molecule has 0 unspecified atom stereocenters. The van der Waals surface area contributed by atoms with Gasteiger partial charge in [0.25, 0.3) is 0 Å². The third-order valence-corrected chi connectivity index (χ3v) is 4.46. The molecule has 2 fully saturated rings. The fourth-order valence-electron chi connectivity index (χ4n) is 3.16. The number of amides is 1. The average Bonchev–Trinajstić information content (AvgIpc) is 2.49. The summed E-state index contributed by atoms with van der Waals surface area (Å²) in [5.74, 6) is -1.12. The molecule has 1 aliphatic carbocycles. The highest BCUT2D eigenvalue weighted by Crippen LogP contribution is 2.28. The lowest BCUT2D eigenvalue weighted by atomic mass is 9.81. The highest BCUT2D eigenvalue weighted by molar-refractivity contribution is 5.87. The van der Waals surface area contributed by atoms with Gasteiger partial charge in [-0.15, -0.1) is 0 Å². The van der Waals surface area contributed by atoms with Crippen LogP contribution < -0.4 is 10.6 Å². The van der Waals surface area contributed by atoms with Gasteiger partial charge in [0.15, 0.2) is 0 Å². The molecule has 1 amide bonds. The number of piperidine rings is 1. The Morgan fingerprint density at radius 1 is 1.19 bits per heavy atom. The molecule has 1 saturated carbocycles. The van der Waals surface area contributed by atoms with Crippen molar-refractivity contribution in [2.75, 3.05) is 19.7 Å². The van der Waals surface area contributed by atoms with Crippen LogP contribution in [0.4, 0.5) is 0 Å². The van der Waals surface area contributed by atoms with Crippen molar-refractivity contribution in [3.63, 3.8) is 0 Å². The van der Waals surface area contributed by atoms with Crippen LogP contribution in [0, 0.1) is 0 Å². The van der Waals surface area contributed by atoms with Crippen molar-refractivity contribution >= 4 is 11.9 Å². The smallest absolute Gasteiger partial charge is 0.329 e. The normalized spacial score (nSPS) is 22.7. The lowest BCUT2D eigenvalue weighted by molar-refractivity contribution is -0.149. The van der Waals surface area contributed by atoms with E-state index in [1.165, 1.54) is 0 Å². The molecule has 120 valence electrons. The fraction of sp³-hybridized carbons (Fsp3) is 0.867. The van der Waals surface area contributed by atoms with Gasteiger partial charge in [-0.1, -0.05) is 19.3 Å². The number of hydrogen-bond donors (Lipinski definition) is 3. The molecule has 2 aliphatic rings. The summed E-state index contributed by atoms with van der Waals surface area (Å²) < 4.78 is 5.69. The van der Waals surface area contributed by atoms with Gasteiger partial charge in [0.1, 0.15) is 5.54 Å². The molecular weight excluding hydrogens is 272 g/mol. The number of nitrogens with one attached hydrogen (secondary N) is 2. The molecule has 6 heteroatoms. The Kier molecular flexibility index (Phi) is 5.99. The molecule has 1 heterocycles. The molecule has 1 saturated heterocycles. The number of carboxylic acid groups (broad SMARTS) is 1. The van der Waals surface area contributed by atoms with Crippen LogP contribution >= 0.6 is 0 Å². The summed E-state index contributed by atoms with van der Waals surface area (Å²) in [5, 5.41) is 15.4. The van der Waals surface area contributed by atoms with Gasteiger partial charge < -0.3 is 20.5 Å². The Balaban J connectivity index is 1.73. The van der Waals surface area contributed by atoms with Crippen LogP contribution in [0.25, 0.3) is 0 Å². The van der Waals surface area contributed by atoms with Gasteiger partial charge in [0.05, 0.1) is 12.7 Å². The second-order valence-corrected chi connectivity index (χ2v) is 6.07. The first-order chi connectivity index (χ1) is 10.1. The van der Waals surface area contributed by atoms with E-state index in [0.717, 1.165) is 45.2 Å². The Labute approximate surface area is 125 Å². The molecule has 1 aliphatic heterocycles. The van der Waals surface area contributed by atoms with E-state index in [-0.39, 0.29) is 18.4 Å². The van der Waals surface area contributed by atoms with E-state index in [0.29, 0.717) is 19.4 Å². The standard InChI is InChI=1S/C15H26N2O4/c18-13(6-11-21-12-4-9-16-10-5-12)17-15(14(19)20)7-2-1-3-8-15/h12,16H,1-11H2,(H,17,18)(H,19,20). The molecule has 2 rings (SSSR count). The van der Waals surface area contributed by atoms with Gasteiger partial charge in [0.2, 0.25) is 5.91 Å². The van der Waals surface area contributed by atoms with Crippen LogP contribution in [-0.2, 0) is 14.3 Å². The molecule has 3 N–H and O–H groups in total. The lowest BCUT2D eigenvalue weighted by Crippen LogP contribution is -2.55. The number of carboxylic acids is 1. The summed E-state index contributed by atoms with van der Waals surface area (Å²) in [6.45, 7) is 2.28. The minimum absolute atomic E-state index is 0.215. The maximum Gasteiger partial charge on any atom is 0.329 e. The Morgan fingerprint density at radius 3 is 2.48 bits per heavy atom. The van der Waals surface area contributed by atoms with E-state index >= 15 is 0 Å². The van der Waals surface area contributed by atoms with E-state index < -0.39 is 11.5 Å². The molecule has 0 radical (unpaired) electrons. The first-order valence-corrected chi connectivity index (χ1v) is 7.99. The molecule has 0 atom stereocenters. The molecule has 6 nitrogen and oxygen atoms in total. The summed E-state index contributed by atoms with van der Waals surface area (Å²) in [4.78, 5) is 23.5. The maximum absolute atomic E-state index is 12.0. The van der Waals surface area contributed by atoms with Crippen molar-refractivity contribution in [2.24, 2.45) is 0 Å². The van der Waals surface area contributed by atoms with Crippen molar-refractivity contribution in [1.82, 2.24) is 10.6 Å². The highest BCUT2D eigenvalue weighted by atomic mass is 16.5. The second-order valence-electron chi connectivity index (χ2n) is 6.07. The number of hydrogen-bond acceptors (Lipinski definition) is 4. The molecule has 0 aromatic rings. The SMILES string of the molecule is O=C(CCOC1CCNCC1)NC1(C(=O)O)CCCCC1.